The van der Waals surface area contributed by atoms with Crippen LogP contribution in [0.2, 0.25) is 5.02 Å². The second-order valence-electron chi connectivity index (χ2n) is 7.38. The first kappa shape index (κ1) is 19.2. The van der Waals surface area contributed by atoms with Gasteiger partial charge in [0.2, 0.25) is 5.60 Å². The highest BCUT2D eigenvalue weighted by molar-refractivity contribution is 6.30. The van der Waals surface area contributed by atoms with Crippen molar-refractivity contribution in [2.24, 2.45) is 0 Å². The highest BCUT2D eigenvalue weighted by Crippen LogP contribution is 2.43. The summed E-state index contributed by atoms with van der Waals surface area (Å²) in [4.78, 5) is 0. The molecule has 0 spiro atoms. The molecule has 1 nitrogen and oxygen atoms in total. The van der Waals surface area contributed by atoms with Crippen LogP contribution in [0.3, 0.4) is 0 Å². The number of hydrogen-bond donors (Lipinski definition) is 0. The van der Waals surface area contributed by atoms with E-state index in [0.717, 1.165) is 33.6 Å². The Kier molecular flexibility index (Phi) is 5.08. The average molecular weight is 419 g/mol. The molecule has 0 N–H and O–H groups in total. The molecule has 148 valence electrons. The lowest BCUT2D eigenvalue weighted by atomic mass is 9.84. The van der Waals surface area contributed by atoms with E-state index in [9.17, 15) is 0 Å². The number of para-hydroxylation sites is 1. The molecule has 1 heterocycles. The molecule has 1 aliphatic rings. The third-order valence-corrected chi connectivity index (χ3v) is 5.57. The van der Waals surface area contributed by atoms with E-state index < -0.39 is 5.60 Å². The van der Waals surface area contributed by atoms with Crippen LogP contribution in [0.15, 0.2) is 115 Å². The van der Waals surface area contributed by atoms with Crippen LogP contribution < -0.4 is 4.74 Å². The predicted molar refractivity (Wildman–Crippen MR) is 127 cm³/mol. The Morgan fingerprint density at radius 1 is 0.677 bits per heavy atom. The number of hydrogen-bond acceptors (Lipinski definition) is 1. The van der Waals surface area contributed by atoms with Crippen molar-refractivity contribution < 1.29 is 4.74 Å². The lowest BCUT2D eigenvalue weighted by molar-refractivity contribution is 0.179. The van der Waals surface area contributed by atoms with Crippen LogP contribution in [0.4, 0.5) is 0 Å². The van der Waals surface area contributed by atoms with Crippen LogP contribution in [0.25, 0.3) is 5.57 Å². The van der Waals surface area contributed by atoms with E-state index in [0.29, 0.717) is 5.02 Å². The lowest BCUT2D eigenvalue weighted by Crippen LogP contribution is -2.32. The lowest BCUT2D eigenvalue weighted by Gasteiger charge is -2.34. The third-order valence-electron chi connectivity index (χ3n) is 5.32. The van der Waals surface area contributed by atoms with Crippen LogP contribution in [0, 0.1) is 11.8 Å². The van der Waals surface area contributed by atoms with Crippen molar-refractivity contribution in [3.63, 3.8) is 0 Å². The summed E-state index contributed by atoms with van der Waals surface area (Å²) in [6, 6.07) is 36.1. The van der Waals surface area contributed by atoms with Gasteiger partial charge in [0.1, 0.15) is 5.75 Å². The van der Waals surface area contributed by atoms with Crippen LogP contribution in [-0.2, 0) is 5.60 Å². The van der Waals surface area contributed by atoms with Crippen molar-refractivity contribution in [2.75, 3.05) is 0 Å². The molecule has 1 atom stereocenters. The van der Waals surface area contributed by atoms with Gasteiger partial charge in [-0.3, -0.25) is 0 Å². The second-order valence-corrected chi connectivity index (χ2v) is 7.82. The fourth-order valence-corrected chi connectivity index (χ4v) is 3.90. The molecular weight excluding hydrogens is 400 g/mol. The standard InChI is InChI=1S/C29H19ClO/c30-25-17-15-23(16-18-25)27-21-29(24-11-5-2-6-12-24,20-19-22-9-3-1-4-10-22)31-28-14-8-7-13-26(27)28/h1-18,21H. The van der Waals surface area contributed by atoms with E-state index in [1.165, 1.54) is 0 Å². The van der Waals surface area contributed by atoms with Gasteiger partial charge in [0.15, 0.2) is 0 Å². The van der Waals surface area contributed by atoms with Crippen molar-refractivity contribution in [2.45, 2.75) is 5.60 Å². The molecule has 1 unspecified atom stereocenters. The van der Waals surface area contributed by atoms with Gasteiger partial charge in [0.25, 0.3) is 0 Å². The minimum absolute atomic E-state index is 0.711. The maximum atomic E-state index is 6.63. The molecule has 2 heteroatoms. The van der Waals surface area contributed by atoms with Crippen molar-refractivity contribution in [3.8, 4) is 17.6 Å². The fraction of sp³-hybridized carbons (Fsp3) is 0.0345. The molecule has 0 bridgehead atoms. The molecule has 0 amide bonds. The number of rotatable bonds is 2. The smallest absolute Gasteiger partial charge is 0.214 e. The van der Waals surface area contributed by atoms with E-state index in [-0.39, 0.29) is 0 Å². The molecule has 0 radical (unpaired) electrons. The zero-order valence-electron chi connectivity index (χ0n) is 16.8. The predicted octanol–water partition coefficient (Wildman–Crippen LogP) is 7.11. The average Bonchev–Trinajstić information content (AvgIpc) is 2.84. The molecule has 0 fully saturated rings. The van der Waals surface area contributed by atoms with Crippen molar-refractivity contribution >= 4 is 17.2 Å². The van der Waals surface area contributed by atoms with Crippen LogP contribution in [0.5, 0.6) is 5.75 Å². The Morgan fingerprint density at radius 2 is 1.32 bits per heavy atom. The summed E-state index contributed by atoms with van der Waals surface area (Å²) in [6.45, 7) is 0. The topological polar surface area (TPSA) is 9.23 Å². The molecule has 4 aromatic rings. The molecule has 0 saturated carbocycles. The quantitative estimate of drug-likeness (QED) is 0.315. The Hall–Kier alpha value is -3.73. The molecule has 5 rings (SSSR count). The normalized spacial score (nSPS) is 16.9. The number of ether oxygens (including phenoxy) is 1. The van der Waals surface area contributed by atoms with Gasteiger partial charge in [-0.25, -0.2) is 0 Å². The maximum absolute atomic E-state index is 6.63. The fourth-order valence-electron chi connectivity index (χ4n) is 3.78. The maximum Gasteiger partial charge on any atom is 0.214 e. The summed E-state index contributed by atoms with van der Waals surface area (Å²) >= 11 is 6.15. The van der Waals surface area contributed by atoms with E-state index in [1.54, 1.807) is 0 Å². The largest absolute Gasteiger partial charge is 0.466 e. The first-order chi connectivity index (χ1) is 15.2. The molecule has 0 aromatic heterocycles. The summed E-state index contributed by atoms with van der Waals surface area (Å²) in [6.07, 6.45) is 2.13. The van der Waals surface area contributed by atoms with E-state index in [2.05, 4.69) is 36.1 Å². The van der Waals surface area contributed by atoms with Crippen LogP contribution in [0.1, 0.15) is 22.3 Å². The molecule has 0 saturated heterocycles. The number of benzene rings is 4. The van der Waals surface area contributed by atoms with Crippen molar-refractivity contribution in [1.29, 1.82) is 0 Å². The van der Waals surface area contributed by atoms with E-state index in [4.69, 9.17) is 16.3 Å². The Balaban J connectivity index is 1.75. The molecule has 31 heavy (non-hydrogen) atoms. The second kappa shape index (κ2) is 8.19. The number of fused-ring (bicyclic) bond motifs is 1. The van der Waals surface area contributed by atoms with Crippen LogP contribution in [-0.4, -0.2) is 0 Å². The van der Waals surface area contributed by atoms with Gasteiger partial charge in [-0.1, -0.05) is 96.4 Å². The van der Waals surface area contributed by atoms with Gasteiger partial charge < -0.3 is 4.74 Å². The van der Waals surface area contributed by atoms with E-state index >= 15 is 0 Å². The Labute approximate surface area is 187 Å². The zero-order chi connectivity index (χ0) is 21.1. The van der Waals surface area contributed by atoms with Gasteiger partial charge in [-0.05, 0) is 53.5 Å². The van der Waals surface area contributed by atoms with Crippen molar-refractivity contribution in [1.82, 2.24) is 0 Å². The van der Waals surface area contributed by atoms with Gasteiger partial charge in [0.05, 0.1) is 0 Å². The summed E-state index contributed by atoms with van der Waals surface area (Å²) in [5, 5.41) is 0.711. The highest BCUT2D eigenvalue weighted by atomic mass is 35.5. The summed E-state index contributed by atoms with van der Waals surface area (Å²) in [5.74, 6) is 7.58. The van der Waals surface area contributed by atoms with Gasteiger partial charge in [0, 0.05) is 21.7 Å². The molecule has 4 aromatic carbocycles. The molecule has 1 aliphatic heterocycles. The van der Waals surface area contributed by atoms with Gasteiger partial charge in [-0.15, -0.1) is 0 Å². The molecular formula is C29H19ClO. The van der Waals surface area contributed by atoms with Crippen LogP contribution >= 0.6 is 11.6 Å². The first-order valence-corrected chi connectivity index (χ1v) is 10.5. The summed E-state index contributed by atoms with van der Waals surface area (Å²) < 4.78 is 6.63. The SMILES string of the molecule is Clc1ccc(C2=CC(C#Cc3ccccc3)(c3ccccc3)Oc3ccccc32)cc1. The monoisotopic (exact) mass is 418 g/mol. The minimum Gasteiger partial charge on any atom is -0.466 e. The van der Waals surface area contributed by atoms with Crippen molar-refractivity contribution in [3.05, 3.63) is 143 Å². The van der Waals surface area contributed by atoms with Gasteiger partial charge in [-0.2, -0.15) is 0 Å². The Morgan fingerprint density at radius 3 is 2.06 bits per heavy atom. The Bertz CT molecular complexity index is 1300. The zero-order valence-corrected chi connectivity index (χ0v) is 17.5. The summed E-state index contributed by atoms with van der Waals surface area (Å²) in [7, 11) is 0. The van der Waals surface area contributed by atoms with E-state index in [1.807, 2.05) is 91.0 Å². The highest BCUT2D eigenvalue weighted by Gasteiger charge is 2.36. The molecule has 0 aliphatic carbocycles. The first-order valence-electron chi connectivity index (χ1n) is 10.1. The number of halogens is 1. The summed E-state index contributed by atoms with van der Waals surface area (Å²) in [5.41, 5.74) is 4.20. The van der Waals surface area contributed by atoms with Gasteiger partial charge >= 0.3 is 0 Å². The minimum atomic E-state index is -0.916. The third kappa shape index (κ3) is 3.87.